The third kappa shape index (κ3) is 1.28. The number of anilines is 1. The first kappa shape index (κ1) is 8.78. The summed E-state index contributed by atoms with van der Waals surface area (Å²) in [4.78, 5) is 20.4. The number of nitrogen functional groups attached to an aromatic ring is 1. The second kappa shape index (κ2) is 2.99. The SMILES string of the molecule is Nc1nc(-c2ccc3[nH]c(=O)[nH]c3c2)co1. The minimum atomic E-state index is -0.230. The normalized spacial score (nSPS) is 11.0. The first-order valence-electron chi connectivity index (χ1n) is 4.66. The minimum Gasteiger partial charge on any atom is -0.432 e. The Morgan fingerprint density at radius 3 is 2.81 bits per heavy atom. The third-order valence-electron chi connectivity index (χ3n) is 2.33. The van der Waals surface area contributed by atoms with Gasteiger partial charge < -0.3 is 20.1 Å². The lowest BCUT2D eigenvalue weighted by molar-refractivity contribution is 0.581. The van der Waals surface area contributed by atoms with Crippen molar-refractivity contribution < 1.29 is 4.42 Å². The maximum atomic E-state index is 11.1. The number of imidazole rings is 1. The van der Waals surface area contributed by atoms with Crippen LogP contribution < -0.4 is 11.4 Å². The van der Waals surface area contributed by atoms with Gasteiger partial charge in [-0.05, 0) is 12.1 Å². The average molecular weight is 216 g/mol. The molecule has 1 aromatic carbocycles. The summed E-state index contributed by atoms with van der Waals surface area (Å²) in [7, 11) is 0. The van der Waals surface area contributed by atoms with Gasteiger partial charge in [0.25, 0.3) is 6.01 Å². The molecule has 16 heavy (non-hydrogen) atoms. The van der Waals surface area contributed by atoms with Crippen molar-refractivity contribution in [1.29, 1.82) is 0 Å². The van der Waals surface area contributed by atoms with Gasteiger partial charge in [-0.15, -0.1) is 0 Å². The number of aromatic nitrogens is 3. The van der Waals surface area contributed by atoms with Crippen molar-refractivity contribution in [3.05, 3.63) is 34.9 Å². The Morgan fingerprint density at radius 2 is 2.06 bits per heavy atom. The van der Waals surface area contributed by atoms with Gasteiger partial charge in [-0.2, -0.15) is 4.98 Å². The van der Waals surface area contributed by atoms with E-state index in [1.165, 1.54) is 6.26 Å². The second-order valence-electron chi connectivity index (χ2n) is 3.41. The van der Waals surface area contributed by atoms with Crippen LogP contribution in [0.4, 0.5) is 6.01 Å². The van der Waals surface area contributed by atoms with Crippen molar-refractivity contribution in [2.24, 2.45) is 0 Å². The van der Waals surface area contributed by atoms with E-state index in [1.807, 2.05) is 12.1 Å². The zero-order chi connectivity index (χ0) is 11.1. The maximum absolute atomic E-state index is 11.1. The van der Waals surface area contributed by atoms with Crippen LogP contribution >= 0.6 is 0 Å². The fourth-order valence-corrected chi connectivity index (χ4v) is 1.61. The first-order valence-corrected chi connectivity index (χ1v) is 4.66. The van der Waals surface area contributed by atoms with E-state index in [0.29, 0.717) is 5.69 Å². The summed E-state index contributed by atoms with van der Waals surface area (Å²) >= 11 is 0. The van der Waals surface area contributed by atoms with Crippen molar-refractivity contribution in [2.75, 3.05) is 5.73 Å². The molecule has 0 unspecified atom stereocenters. The Balaban J connectivity index is 2.21. The van der Waals surface area contributed by atoms with Gasteiger partial charge in [-0.25, -0.2) is 4.79 Å². The Hall–Kier alpha value is -2.50. The van der Waals surface area contributed by atoms with Crippen molar-refractivity contribution in [3.8, 4) is 11.3 Å². The number of hydrogen-bond donors (Lipinski definition) is 3. The molecule has 0 saturated carbocycles. The molecule has 0 fully saturated rings. The minimum absolute atomic E-state index is 0.123. The number of oxazole rings is 1. The number of rotatable bonds is 1. The van der Waals surface area contributed by atoms with E-state index in [2.05, 4.69) is 15.0 Å². The standard InChI is InChI=1S/C10H8N4O2/c11-9-12-8(4-16-9)5-1-2-6-7(3-5)14-10(15)13-6/h1-4H,(H2,11,12)(H2,13,14,15). The van der Waals surface area contributed by atoms with Gasteiger partial charge in [0.2, 0.25) is 0 Å². The molecule has 4 N–H and O–H groups in total. The third-order valence-corrected chi connectivity index (χ3v) is 2.33. The summed E-state index contributed by atoms with van der Waals surface area (Å²) in [5.41, 5.74) is 8.12. The largest absolute Gasteiger partial charge is 0.432 e. The molecule has 6 nitrogen and oxygen atoms in total. The highest BCUT2D eigenvalue weighted by molar-refractivity contribution is 5.80. The van der Waals surface area contributed by atoms with Crippen molar-refractivity contribution >= 4 is 17.0 Å². The van der Waals surface area contributed by atoms with Crippen LogP contribution in [-0.2, 0) is 0 Å². The van der Waals surface area contributed by atoms with Gasteiger partial charge in [-0.3, -0.25) is 0 Å². The van der Waals surface area contributed by atoms with Gasteiger partial charge in [0.15, 0.2) is 0 Å². The molecule has 6 heteroatoms. The molecular weight excluding hydrogens is 208 g/mol. The van der Waals surface area contributed by atoms with Crippen LogP contribution in [0.3, 0.4) is 0 Å². The van der Waals surface area contributed by atoms with Crippen LogP contribution in [0, 0.1) is 0 Å². The Labute approximate surface area is 89.1 Å². The summed E-state index contributed by atoms with van der Waals surface area (Å²) in [6.07, 6.45) is 1.47. The number of H-pyrrole nitrogens is 2. The molecule has 0 aliphatic carbocycles. The number of aromatic amines is 2. The predicted octanol–water partition coefficient (Wildman–Crippen LogP) is 1.09. The van der Waals surface area contributed by atoms with Crippen molar-refractivity contribution in [1.82, 2.24) is 15.0 Å². The zero-order valence-corrected chi connectivity index (χ0v) is 8.15. The molecule has 0 radical (unpaired) electrons. The molecule has 0 spiro atoms. The maximum Gasteiger partial charge on any atom is 0.323 e. The highest BCUT2D eigenvalue weighted by Crippen LogP contribution is 2.22. The van der Waals surface area contributed by atoms with E-state index in [-0.39, 0.29) is 11.7 Å². The lowest BCUT2D eigenvalue weighted by Gasteiger charge is -1.94. The fourth-order valence-electron chi connectivity index (χ4n) is 1.61. The molecule has 3 aromatic rings. The van der Waals surface area contributed by atoms with Crippen LogP contribution in [0.5, 0.6) is 0 Å². The van der Waals surface area contributed by atoms with E-state index in [9.17, 15) is 4.79 Å². The monoisotopic (exact) mass is 216 g/mol. The smallest absolute Gasteiger partial charge is 0.323 e. The zero-order valence-electron chi connectivity index (χ0n) is 8.15. The van der Waals surface area contributed by atoms with Gasteiger partial charge in [0.1, 0.15) is 12.0 Å². The molecular formula is C10H8N4O2. The van der Waals surface area contributed by atoms with Crippen LogP contribution in [0.25, 0.3) is 22.3 Å². The molecule has 0 bridgehead atoms. The molecule has 0 aliphatic rings. The number of nitrogens with zero attached hydrogens (tertiary/aromatic N) is 1. The van der Waals surface area contributed by atoms with Crippen LogP contribution in [0.15, 0.2) is 33.7 Å². The highest BCUT2D eigenvalue weighted by atomic mass is 16.4. The summed E-state index contributed by atoms with van der Waals surface area (Å²) in [6.45, 7) is 0. The van der Waals surface area contributed by atoms with Crippen LogP contribution in [-0.4, -0.2) is 15.0 Å². The molecule has 0 amide bonds. The predicted molar refractivity (Wildman–Crippen MR) is 58.8 cm³/mol. The summed E-state index contributed by atoms with van der Waals surface area (Å²) in [6, 6.07) is 5.57. The summed E-state index contributed by atoms with van der Waals surface area (Å²) < 4.78 is 4.92. The molecule has 2 heterocycles. The summed E-state index contributed by atoms with van der Waals surface area (Å²) in [5, 5.41) is 0. The number of benzene rings is 1. The number of nitrogens with one attached hydrogen (secondary N) is 2. The van der Waals surface area contributed by atoms with E-state index < -0.39 is 0 Å². The molecule has 0 aliphatic heterocycles. The average Bonchev–Trinajstić information content (AvgIpc) is 2.81. The fraction of sp³-hybridized carbons (Fsp3) is 0. The Bertz CT molecular complexity index is 707. The Morgan fingerprint density at radius 1 is 1.25 bits per heavy atom. The van der Waals surface area contributed by atoms with Crippen molar-refractivity contribution in [2.45, 2.75) is 0 Å². The number of nitrogens with two attached hydrogens (primary N) is 1. The molecule has 0 saturated heterocycles. The number of hydrogen-bond acceptors (Lipinski definition) is 4. The molecule has 0 atom stereocenters. The van der Waals surface area contributed by atoms with Gasteiger partial charge in [-0.1, -0.05) is 6.07 Å². The van der Waals surface area contributed by atoms with E-state index in [4.69, 9.17) is 10.2 Å². The quantitative estimate of drug-likeness (QED) is 0.566. The van der Waals surface area contributed by atoms with Gasteiger partial charge >= 0.3 is 5.69 Å². The number of fused-ring (bicyclic) bond motifs is 1. The molecule has 2 aromatic heterocycles. The van der Waals surface area contributed by atoms with E-state index in [0.717, 1.165) is 16.6 Å². The second-order valence-corrected chi connectivity index (χ2v) is 3.41. The summed E-state index contributed by atoms with van der Waals surface area (Å²) in [5.74, 6) is 0. The van der Waals surface area contributed by atoms with E-state index in [1.54, 1.807) is 6.07 Å². The van der Waals surface area contributed by atoms with E-state index >= 15 is 0 Å². The first-order chi connectivity index (χ1) is 7.72. The van der Waals surface area contributed by atoms with Crippen molar-refractivity contribution in [3.63, 3.8) is 0 Å². The van der Waals surface area contributed by atoms with Gasteiger partial charge in [0.05, 0.1) is 11.0 Å². The van der Waals surface area contributed by atoms with Crippen LogP contribution in [0.1, 0.15) is 0 Å². The molecule has 80 valence electrons. The topological polar surface area (TPSA) is 101 Å². The van der Waals surface area contributed by atoms with Gasteiger partial charge in [0, 0.05) is 5.56 Å². The highest BCUT2D eigenvalue weighted by Gasteiger charge is 2.05. The lowest BCUT2D eigenvalue weighted by atomic mass is 10.1. The van der Waals surface area contributed by atoms with Crippen LogP contribution in [0.2, 0.25) is 0 Å². The molecule has 3 rings (SSSR count). The lowest BCUT2D eigenvalue weighted by Crippen LogP contribution is -1.99. The Kier molecular flexibility index (Phi) is 1.64.